The highest BCUT2D eigenvalue weighted by Crippen LogP contribution is 2.32. The Labute approximate surface area is 123 Å². The van der Waals surface area contributed by atoms with Crippen LogP contribution < -0.4 is 14.8 Å². The van der Waals surface area contributed by atoms with E-state index in [1.807, 2.05) is 30.3 Å². The Morgan fingerprint density at radius 1 is 1.05 bits per heavy atom. The van der Waals surface area contributed by atoms with E-state index in [0.717, 1.165) is 29.2 Å². The number of nitrogens with one attached hydrogen (secondary N) is 1. The van der Waals surface area contributed by atoms with E-state index in [9.17, 15) is 4.39 Å². The van der Waals surface area contributed by atoms with Crippen LogP contribution in [0.3, 0.4) is 0 Å². The molecule has 1 aliphatic heterocycles. The Morgan fingerprint density at radius 2 is 1.76 bits per heavy atom. The maximum absolute atomic E-state index is 12.9. The quantitative estimate of drug-likeness (QED) is 0.931. The van der Waals surface area contributed by atoms with E-state index in [0.29, 0.717) is 13.2 Å². The molecular formula is C17H18FNO2. The normalized spacial score (nSPS) is 14.6. The highest BCUT2D eigenvalue weighted by atomic mass is 19.1. The Hall–Kier alpha value is -2.23. The molecule has 0 aromatic heterocycles. The third kappa shape index (κ3) is 3.45. The topological polar surface area (TPSA) is 30.5 Å². The first-order chi connectivity index (χ1) is 10.2. The lowest BCUT2D eigenvalue weighted by atomic mass is 10.1. The van der Waals surface area contributed by atoms with Crippen molar-refractivity contribution in [1.29, 1.82) is 0 Å². The Kier molecular flexibility index (Phi) is 3.95. The van der Waals surface area contributed by atoms with Gasteiger partial charge < -0.3 is 14.8 Å². The molecule has 0 aliphatic carbocycles. The van der Waals surface area contributed by atoms with Crippen molar-refractivity contribution >= 4 is 5.69 Å². The first kappa shape index (κ1) is 13.7. The van der Waals surface area contributed by atoms with E-state index in [2.05, 4.69) is 12.2 Å². The van der Waals surface area contributed by atoms with Crippen LogP contribution in [-0.2, 0) is 6.42 Å². The summed E-state index contributed by atoms with van der Waals surface area (Å²) in [6.45, 7) is 3.28. The number of hydrogen-bond donors (Lipinski definition) is 1. The third-order valence-corrected chi connectivity index (χ3v) is 3.41. The molecule has 0 fully saturated rings. The van der Waals surface area contributed by atoms with Crippen LogP contribution in [-0.4, -0.2) is 19.3 Å². The second-order valence-corrected chi connectivity index (χ2v) is 5.23. The number of rotatable bonds is 4. The van der Waals surface area contributed by atoms with Gasteiger partial charge in [-0.1, -0.05) is 12.1 Å². The molecule has 0 bridgehead atoms. The van der Waals surface area contributed by atoms with Crippen LogP contribution in [0.15, 0.2) is 42.5 Å². The number of halogens is 1. The van der Waals surface area contributed by atoms with Gasteiger partial charge in [-0.05, 0) is 43.2 Å². The minimum atomic E-state index is -0.203. The molecule has 2 aromatic rings. The van der Waals surface area contributed by atoms with E-state index in [4.69, 9.17) is 9.47 Å². The van der Waals surface area contributed by atoms with Crippen molar-refractivity contribution in [3.05, 3.63) is 53.8 Å². The number of anilines is 1. The predicted octanol–water partition coefficient (Wildman–Crippen LogP) is 3.64. The molecule has 0 amide bonds. The minimum Gasteiger partial charge on any atom is -0.486 e. The van der Waals surface area contributed by atoms with Gasteiger partial charge in [0.15, 0.2) is 11.5 Å². The van der Waals surface area contributed by atoms with Gasteiger partial charge in [0, 0.05) is 17.8 Å². The molecule has 1 unspecified atom stereocenters. The summed E-state index contributed by atoms with van der Waals surface area (Å²) in [5.74, 6) is 1.37. The van der Waals surface area contributed by atoms with Crippen LogP contribution in [0.1, 0.15) is 12.5 Å². The molecule has 21 heavy (non-hydrogen) atoms. The molecule has 0 radical (unpaired) electrons. The minimum absolute atomic E-state index is 0.203. The Balaban J connectivity index is 1.64. The molecule has 1 heterocycles. The highest BCUT2D eigenvalue weighted by molar-refractivity contribution is 5.55. The van der Waals surface area contributed by atoms with Gasteiger partial charge in [-0.15, -0.1) is 0 Å². The van der Waals surface area contributed by atoms with Crippen molar-refractivity contribution in [1.82, 2.24) is 0 Å². The van der Waals surface area contributed by atoms with Crippen molar-refractivity contribution in [3.63, 3.8) is 0 Å². The van der Waals surface area contributed by atoms with Crippen molar-refractivity contribution < 1.29 is 13.9 Å². The van der Waals surface area contributed by atoms with Gasteiger partial charge in [0.2, 0.25) is 0 Å². The molecular weight excluding hydrogens is 269 g/mol. The molecule has 4 heteroatoms. The van der Waals surface area contributed by atoms with Crippen LogP contribution in [0, 0.1) is 5.82 Å². The lowest BCUT2D eigenvalue weighted by molar-refractivity contribution is 0.171. The van der Waals surface area contributed by atoms with E-state index < -0.39 is 0 Å². The molecule has 0 saturated heterocycles. The predicted molar refractivity (Wildman–Crippen MR) is 80.6 cm³/mol. The number of ether oxygens (including phenoxy) is 2. The molecule has 0 saturated carbocycles. The fourth-order valence-electron chi connectivity index (χ4n) is 2.44. The zero-order chi connectivity index (χ0) is 14.7. The largest absolute Gasteiger partial charge is 0.486 e. The maximum Gasteiger partial charge on any atom is 0.163 e. The van der Waals surface area contributed by atoms with E-state index in [1.54, 1.807) is 0 Å². The third-order valence-electron chi connectivity index (χ3n) is 3.41. The Morgan fingerprint density at radius 3 is 2.52 bits per heavy atom. The standard InChI is InChI=1S/C17H18FNO2/c1-12(10-13-2-4-14(18)5-3-13)19-15-6-7-16-17(11-15)21-9-8-20-16/h2-7,11-12,19H,8-10H2,1H3. The van der Waals surface area contributed by atoms with Crippen LogP contribution in [0.2, 0.25) is 0 Å². The van der Waals surface area contributed by atoms with Gasteiger partial charge >= 0.3 is 0 Å². The highest BCUT2D eigenvalue weighted by Gasteiger charge is 2.12. The van der Waals surface area contributed by atoms with Crippen molar-refractivity contribution in [2.75, 3.05) is 18.5 Å². The number of hydrogen-bond acceptors (Lipinski definition) is 3. The van der Waals surface area contributed by atoms with E-state index in [1.165, 1.54) is 12.1 Å². The van der Waals surface area contributed by atoms with Crippen LogP contribution in [0.5, 0.6) is 11.5 Å². The molecule has 1 atom stereocenters. The molecule has 110 valence electrons. The zero-order valence-electron chi connectivity index (χ0n) is 11.9. The van der Waals surface area contributed by atoms with Gasteiger partial charge in [0.25, 0.3) is 0 Å². The first-order valence-corrected chi connectivity index (χ1v) is 7.11. The molecule has 3 rings (SSSR count). The smallest absolute Gasteiger partial charge is 0.163 e. The van der Waals surface area contributed by atoms with Gasteiger partial charge in [-0.2, -0.15) is 0 Å². The van der Waals surface area contributed by atoms with E-state index in [-0.39, 0.29) is 11.9 Å². The molecule has 1 aliphatic rings. The number of fused-ring (bicyclic) bond motifs is 1. The maximum atomic E-state index is 12.9. The van der Waals surface area contributed by atoms with Gasteiger partial charge in [-0.3, -0.25) is 0 Å². The summed E-state index contributed by atoms with van der Waals surface area (Å²) < 4.78 is 24.0. The van der Waals surface area contributed by atoms with Gasteiger partial charge in [0.1, 0.15) is 19.0 Å². The van der Waals surface area contributed by atoms with Crippen LogP contribution in [0.25, 0.3) is 0 Å². The van der Waals surface area contributed by atoms with Crippen molar-refractivity contribution in [2.24, 2.45) is 0 Å². The summed E-state index contributed by atoms with van der Waals surface area (Å²) in [6.07, 6.45) is 0.828. The van der Waals surface area contributed by atoms with E-state index >= 15 is 0 Å². The SMILES string of the molecule is CC(Cc1ccc(F)cc1)Nc1ccc2c(c1)OCCO2. The summed E-state index contributed by atoms with van der Waals surface area (Å²) >= 11 is 0. The fraction of sp³-hybridized carbons (Fsp3) is 0.294. The molecule has 2 aromatic carbocycles. The van der Waals surface area contributed by atoms with Crippen molar-refractivity contribution in [3.8, 4) is 11.5 Å². The fourth-order valence-corrected chi connectivity index (χ4v) is 2.44. The summed E-state index contributed by atoms with van der Waals surface area (Å²) in [6, 6.07) is 12.7. The lowest BCUT2D eigenvalue weighted by Gasteiger charge is -2.21. The number of benzene rings is 2. The zero-order valence-corrected chi connectivity index (χ0v) is 11.9. The summed E-state index contributed by atoms with van der Waals surface area (Å²) in [5, 5.41) is 3.43. The summed E-state index contributed by atoms with van der Waals surface area (Å²) in [5.41, 5.74) is 2.10. The summed E-state index contributed by atoms with van der Waals surface area (Å²) in [4.78, 5) is 0. The van der Waals surface area contributed by atoms with Crippen LogP contribution >= 0.6 is 0 Å². The van der Waals surface area contributed by atoms with Gasteiger partial charge in [0.05, 0.1) is 0 Å². The van der Waals surface area contributed by atoms with Gasteiger partial charge in [-0.25, -0.2) is 4.39 Å². The molecule has 3 nitrogen and oxygen atoms in total. The average Bonchev–Trinajstić information content (AvgIpc) is 2.49. The lowest BCUT2D eigenvalue weighted by Crippen LogP contribution is -2.19. The average molecular weight is 287 g/mol. The monoisotopic (exact) mass is 287 g/mol. The summed E-state index contributed by atoms with van der Waals surface area (Å²) in [7, 11) is 0. The molecule has 1 N–H and O–H groups in total. The first-order valence-electron chi connectivity index (χ1n) is 7.11. The second-order valence-electron chi connectivity index (χ2n) is 5.23. The second kappa shape index (κ2) is 6.04. The van der Waals surface area contributed by atoms with Crippen LogP contribution in [0.4, 0.5) is 10.1 Å². The van der Waals surface area contributed by atoms with Crippen molar-refractivity contribution in [2.45, 2.75) is 19.4 Å². The molecule has 0 spiro atoms. The Bertz CT molecular complexity index is 613.